The molecule has 0 bridgehead atoms. The van der Waals surface area contributed by atoms with Gasteiger partial charge in [0.05, 0.1) is 12.2 Å². The van der Waals surface area contributed by atoms with E-state index in [1.807, 2.05) is 0 Å². The molecule has 1 aliphatic heterocycles. The topological polar surface area (TPSA) is 12.5 Å². The molecule has 1 saturated heterocycles. The number of rotatable bonds is 5. The smallest absolute Gasteiger partial charge is 0.0844 e. The van der Waals surface area contributed by atoms with Crippen molar-refractivity contribution in [3.8, 4) is 0 Å². The first kappa shape index (κ1) is 13.1. The Labute approximate surface area is 113 Å². The Balaban J connectivity index is 2.10. The molecule has 0 saturated carbocycles. The Bertz CT molecular complexity index is 389. The molecule has 94 valence electrons. The van der Waals surface area contributed by atoms with Gasteiger partial charge in [-0.2, -0.15) is 0 Å². The molecule has 3 unspecified atom stereocenters. The molecule has 2 rings (SSSR count). The average molecular weight is 297 g/mol. The quantitative estimate of drug-likeness (QED) is 0.719. The monoisotopic (exact) mass is 296 g/mol. The molecule has 1 aromatic rings. The third-order valence-electron chi connectivity index (χ3n) is 3.78. The number of benzene rings is 1. The van der Waals surface area contributed by atoms with Crippen LogP contribution in [0, 0.1) is 0 Å². The average Bonchev–Trinajstić information content (AvgIpc) is 3.02. The molecule has 1 aromatic carbocycles. The van der Waals surface area contributed by atoms with Gasteiger partial charge in [0.25, 0.3) is 0 Å². The summed E-state index contributed by atoms with van der Waals surface area (Å²) in [5, 5.41) is 0. The molecule has 0 spiro atoms. The summed E-state index contributed by atoms with van der Waals surface area (Å²) >= 11 is 3.67. The zero-order chi connectivity index (χ0) is 12.4. The molecule has 0 amide bonds. The largest absolute Gasteiger partial charge is 0.370 e. The van der Waals surface area contributed by atoms with Crippen molar-refractivity contribution in [1.82, 2.24) is 0 Å². The van der Waals surface area contributed by atoms with Crippen molar-refractivity contribution in [2.24, 2.45) is 0 Å². The standard InChI is InChI=1S/C15H21BrO/c1-4-11-6-7-13(8-14(11)16)12(5-2)9-15-10(3)17-15/h6-8,10,12,15H,4-5,9H2,1-3H3. The van der Waals surface area contributed by atoms with E-state index in [0.29, 0.717) is 18.1 Å². The molecule has 1 aliphatic rings. The minimum atomic E-state index is 0.474. The Hall–Kier alpha value is -0.340. The van der Waals surface area contributed by atoms with Gasteiger partial charge in [0, 0.05) is 4.47 Å². The molecule has 1 nitrogen and oxygen atoms in total. The maximum atomic E-state index is 5.53. The molecule has 3 atom stereocenters. The lowest BCUT2D eigenvalue weighted by molar-refractivity contribution is 0.357. The third-order valence-corrected chi connectivity index (χ3v) is 4.51. The molecule has 1 fully saturated rings. The highest BCUT2D eigenvalue weighted by atomic mass is 79.9. The Morgan fingerprint density at radius 3 is 2.53 bits per heavy atom. The van der Waals surface area contributed by atoms with Crippen LogP contribution in [0.5, 0.6) is 0 Å². The van der Waals surface area contributed by atoms with Crippen molar-refractivity contribution in [1.29, 1.82) is 0 Å². The first-order chi connectivity index (χ1) is 8.15. The minimum absolute atomic E-state index is 0.474. The van der Waals surface area contributed by atoms with E-state index in [9.17, 15) is 0 Å². The number of halogens is 1. The number of aryl methyl sites for hydroxylation is 1. The highest BCUT2D eigenvalue weighted by Crippen LogP contribution is 2.35. The van der Waals surface area contributed by atoms with Crippen LogP contribution < -0.4 is 0 Å². The van der Waals surface area contributed by atoms with E-state index >= 15 is 0 Å². The molecule has 2 heteroatoms. The Morgan fingerprint density at radius 2 is 2.06 bits per heavy atom. The Kier molecular flexibility index (Phi) is 4.26. The third kappa shape index (κ3) is 3.11. The molecular weight excluding hydrogens is 276 g/mol. The van der Waals surface area contributed by atoms with Crippen LogP contribution in [-0.2, 0) is 11.2 Å². The van der Waals surface area contributed by atoms with E-state index in [4.69, 9.17) is 4.74 Å². The van der Waals surface area contributed by atoms with Crippen molar-refractivity contribution < 1.29 is 4.74 Å². The molecule has 1 heterocycles. The second kappa shape index (κ2) is 5.53. The predicted molar refractivity (Wildman–Crippen MR) is 75.5 cm³/mol. The number of epoxide rings is 1. The molecule has 0 aromatic heterocycles. The lowest BCUT2D eigenvalue weighted by atomic mass is 9.90. The van der Waals surface area contributed by atoms with Gasteiger partial charge in [0.15, 0.2) is 0 Å². The van der Waals surface area contributed by atoms with Crippen LogP contribution in [0.2, 0.25) is 0 Å². The van der Waals surface area contributed by atoms with Gasteiger partial charge < -0.3 is 4.74 Å². The minimum Gasteiger partial charge on any atom is -0.370 e. The van der Waals surface area contributed by atoms with Crippen LogP contribution in [-0.4, -0.2) is 12.2 Å². The summed E-state index contributed by atoms with van der Waals surface area (Å²) in [7, 11) is 0. The first-order valence-electron chi connectivity index (χ1n) is 6.59. The van der Waals surface area contributed by atoms with Gasteiger partial charge in [-0.1, -0.05) is 41.9 Å². The highest BCUT2D eigenvalue weighted by Gasteiger charge is 2.35. The van der Waals surface area contributed by atoms with Crippen LogP contribution in [0.1, 0.15) is 50.7 Å². The summed E-state index contributed by atoms with van der Waals surface area (Å²) in [4.78, 5) is 0. The fourth-order valence-electron chi connectivity index (χ4n) is 2.40. The second-order valence-corrected chi connectivity index (χ2v) is 5.78. The van der Waals surface area contributed by atoms with Gasteiger partial charge in [-0.15, -0.1) is 0 Å². The van der Waals surface area contributed by atoms with Crippen LogP contribution >= 0.6 is 15.9 Å². The zero-order valence-electron chi connectivity index (χ0n) is 10.9. The van der Waals surface area contributed by atoms with Crippen molar-refractivity contribution in [3.63, 3.8) is 0 Å². The van der Waals surface area contributed by atoms with E-state index < -0.39 is 0 Å². The van der Waals surface area contributed by atoms with Gasteiger partial charge in [-0.25, -0.2) is 0 Å². The summed E-state index contributed by atoms with van der Waals surface area (Å²) < 4.78 is 6.78. The maximum absolute atomic E-state index is 5.53. The molecule has 0 aliphatic carbocycles. The van der Waals surface area contributed by atoms with Gasteiger partial charge >= 0.3 is 0 Å². The van der Waals surface area contributed by atoms with Gasteiger partial charge in [0.2, 0.25) is 0 Å². The van der Waals surface area contributed by atoms with Gasteiger partial charge in [-0.3, -0.25) is 0 Å². The molecule has 0 radical (unpaired) electrons. The molecule has 17 heavy (non-hydrogen) atoms. The first-order valence-corrected chi connectivity index (χ1v) is 7.38. The fourth-order valence-corrected chi connectivity index (χ4v) is 3.08. The van der Waals surface area contributed by atoms with Crippen molar-refractivity contribution in [3.05, 3.63) is 33.8 Å². The van der Waals surface area contributed by atoms with E-state index in [-0.39, 0.29) is 0 Å². The van der Waals surface area contributed by atoms with Crippen molar-refractivity contribution in [2.45, 2.75) is 58.2 Å². The summed E-state index contributed by atoms with van der Waals surface area (Å²) in [5.74, 6) is 0.632. The van der Waals surface area contributed by atoms with Gasteiger partial charge in [0.1, 0.15) is 0 Å². The van der Waals surface area contributed by atoms with E-state index in [1.54, 1.807) is 0 Å². The Morgan fingerprint density at radius 1 is 1.35 bits per heavy atom. The summed E-state index contributed by atoms with van der Waals surface area (Å²) in [6.07, 6.45) is 4.40. The van der Waals surface area contributed by atoms with Gasteiger partial charge in [-0.05, 0) is 49.3 Å². The number of ether oxygens (including phenoxy) is 1. The summed E-state index contributed by atoms with van der Waals surface area (Å²) in [6.45, 7) is 6.61. The second-order valence-electron chi connectivity index (χ2n) is 4.92. The lowest BCUT2D eigenvalue weighted by Crippen LogP contribution is -2.03. The highest BCUT2D eigenvalue weighted by molar-refractivity contribution is 9.10. The normalized spacial score (nSPS) is 24.7. The number of hydrogen-bond donors (Lipinski definition) is 0. The number of hydrogen-bond acceptors (Lipinski definition) is 1. The predicted octanol–water partition coefficient (Wildman–Crippen LogP) is 4.68. The van der Waals surface area contributed by atoms with Crippen LogP contribution in [0.15, 0.2) is 22.7 Å². The van der Waals surface area contributed by atoms with Crippen molar-refractivity contribution in [2.75, 3.05) is 0 Å². The summed E-state index contributed by atoms with van der Waals surface area (Å²) in [5.41, 5.74) is 2.83. The molecule has 0 N–H and O–H groups in total. The van der Waals surface area contributed by atoms with Crippen LogP contribution in [0.4, 0.5) is 0 Å². The molecular formula is C15H21BrO. The fraction of sp³-hybridized carbons (Fsp3) is 0.600. The maximum Gasteiger partial charge on any atom is 0.0844 e. The summed E-state index contributed by atoms with van der Waals surface area (Å²) in [6, 6.07) is 6.82. The SMILES string of the molecule is CCc1ccc(C(CC)CC2OC2C)cc1Br. The lowest BCUT2D eigenvalue weighted by Gasteiger charge is -2.15. The van der Waals surface area contributed by atoms with E-state index in [2.05, 4.69) is 54.9 Å². The van der Waals surface area contributed by atoms with E-state index in [0.717, 1.165) is 12.8 Å². The van der Waals surface area contributed by atoms with Crippen LogP contribution in [0.25, 0.3) is 0 Å². The van der Waals surface area contributed by atoms with E-state index in [1.165, 1.54) is 22.0 Å². The van der Waals surface area contributed by atoms with Crippen molar-refractivity contribution >= 4 is 15.9 Å². The van der Waals surface area contributed by atoms with Crippen LogP contribution in [0.3, 0.4) is 0 Å². The zero-order valence-corrected chi connectivity index (χ0v) is 12.5.